The Morgan fingerprint density at radius 1 is 1.26 bits per heavy atom. The molecule has 0 radical (unpaired) electrons. The fourth-order valence-corrected chi connectivity index (χ4v) is 3.32. The highest BCUT2D eigenvalue weighted by Crippen LogP contribution is 2.33. The van der Waals surface area contributed by atoms with E-state index in [-0.39, 0.29) is 5.91 Å². The van der Waals surface area contributed by atoms with Gasteiger partial charge in [0.15, 0.2) is 5.17 Å². The van der Waals surface area contributed by atoms with Gasteiger partial charge in [-0.25, -0.2) is 0 Å². The van der Waals surface area contributed by atoms with E-state index in [9.17, 15) is 4.79 Å². The molecule has 1 aromatic carbocycles. The molecule has 23 heavy (non-hydrogen) atoms. The maximum absolute atomic E-state index is 12.2. The first-order valence-electron chi connectivity index (χ1n) is 7.28. The summed E-state index contributed by atoms with van der Waals surface area (Å²) >= 11 is 1.39. The van der Waals surface area contributed by atoms with Crippen LogP contribution in [0, 0.1) is 0 Å². The van der Waals surface area contributed by atoms with Crippen LogP contribution < -0.4 is 9.47 Å². The highest BCUT2D eigenvalue weighted by molar-refractivity contribution is 8.18. The maximum atomic E-state index is 12.2. The van der Waals surface area contributed by atoms with Crippen molar-refractivity contribution in [1.29, 1.82) is 0 Å². The summed E-state index contributed by atoms with van der Waals surface area (Å²) in [5, 5.41) is 0.747. The number of carbonyl (C=O) groups excluding carboxylic acids is 1. The van der Waals surface area contributed by atoms with Crippen LogP contribution in [-0.4, -0.2) is 56.5 Å². The van der Waals surface area contributed by atoms with Crippen molar-refractivity contribution in [1.82, 2.24) is 4.90 Å². The van der Waals surface area contributed by atoms with E-state index in [4.69, 9.17) is 14.2 Å². The number of hydrogen-bond acceptors (Lipinski definition) is 6. The smallest absolute Gasteiger partial charge is 0.286 e. The fraction of sp³-hybridized carbons (Fsp3) is 0.375. The number of rotatable bonds is 3. The molecule has 2 aliphatic heterocycles. The van der Waals surface area contributed by atoms with Gasteiger partial charge in [0, 0.05) is 24.7 Å². The Hall–Kier alpha value is -1.99. The van der Waals surface area contributed by atoms with Crippen LogP contribution in [-0.2, 0) is 9.53 Å². The molecule has 0 aromatic heterocycles. The lowest BCUT2D eigenvalue weighted by Gasteiger charge is -2.27. The highest BCUT2D eigenvalue weighted by Gasteiger charge is 2.27. The van der Waals surface area contributed by atoms with Gasteiger partial charge in [0.1, 0.15) is 11.5 Å². The van der Waals surface area contributed by atoms with Gasteiger partial charge in [-0.1, -0.05) is 0 Å². The topological polar surface area (TPSA) is 60.4 Å². The largest absolute Gasteiger partial charge is 0.497 e. The quantitative estimate of drug-likeness (QED) is 0.788. The number of hydrogen-bond donors (Lipinski definition) is 0. The second kappa shape index (κ2) is 7.06. The van der Waals surface area contributed by atoms with Gasteiger partial charge in [-0.05, 0) is 30.0 Å². The number of ether oxygens (including phenoxy) is 3. The predicted molar refractivity (Wildman–Crippen MR) is 89.9 cm³/mol. The third-order valence-electron chi connectivity index (χ3n) is 3.62. The van der Waals surface area contributed by atoms with Crippen LogP contribution in [0.2, 0.25) is 0 Å². The highest BCUT2D eigenvalue weighted by atomic mass is 32.2. The molecule has 0 bridgehead atoms. The van der Waals surface area contributed by atoms with Crippen LogP contribution in [0.1, 0.15) is 5.56 Å². The summed E-state index contributed by atoms with van der Waals surface area (Å²) in [5.74, 6) is 1.15. The number of amides is 1. The Morgan fingerprint density at radius 3 is 2.74 bits per heavy atom. The zero-order chi connectivity index (χ0) is 16.2. The molecule has 7 heteroatoms. The van der Waals surface area contributed by atoms with Crippen LogP contribution in [0.5, 0.6) is 11.5 Å². The zero-order valence-electron chi connectivity index (χ0n) is 13.1. The summed E-state index contributed by atoms with van der Waals surface area (Å²) in [6.07, 6.45) is 1.81. The molecule has 2 aliphatic rings. The second-order valence-electron chi connectivity index (χ2n) is 5.02. The molecule has 0 saturated carbocycles. The SMILES string of the molecule is COc1ccc(C=C2SC(N3CCOCC3)=NC2=O)c(OC)c1. The molecule has 122 valence electrons. The minimum absolute atomic E-state index is 0.214. The van der Waals surface area contributed by atoms with Crippen molar-refractivity contribution in [2.45, 2.75) is 0 Å². The molecular formula is C16H18N2O4S. The molecule has 1 fully saturated rings. The number of methoxy groups -OCH3 is 2. The zero-order valence-corrected chi connectivity index (χ0v) is 13.9. The van der Waals surface area contributed by atoms with Crippen molar-refractivity contribution in [3.8, 4) is 11.5 Å². The summed E-state index contributed by atoms with van der Waals surface area (Å²) in [6, 6.07) is 5.49. The number of amidine groups is 1. The first-order valence-corrected chi connectivity index (χ1v) is 8.10. The van der Waals surface area contributed by atoms with Crippen molar-refractivity contribution in [3.05, 3.63) is 28.7 Å². The third-order valence-corrected chi connectivity index (χ3v) is 4.66. The van der Waals surface area contributed by atoms with E-state index in [1.165, 1.54) is 11.8 Å². The van der Waals surface area contributed by atoms with Crippen LogP contribution >= 0.6 is 11.8 Å². The van der Waals surface area contributed by atoms with Crippen LogP contribution in [0.4, 0.5) is 0 Å². The van der Waals surface area contributed by atoms with E-state index in [2.05, 4.69) is 9.89 Å². The van der Waals surface area contributed by atoms with E-state index in [0.717, 1.165) is 23.8 Å². The van der Waals surface area contributed by atoms with E-state index in [1.54, 1.807) is 20.3 Å². The summed E-state index contributed by atoms with van der Waals surface area (Å²) < 4.78 is 15.9. The van der Waals surface area contributed by atoms with Crippen molar-refractivity contribution < 1.29 is 19.0 Å². The minimum Gasteiger partial charge on any atom is -0.497 e. The summed E-state index contributed by atoms with van der Waals surface area (Å²) in [5.41, 5.74) is 0.822. The lowest BCUT2D eigenvalue weighted by Crippen LogP contribution is -2.38. The molecule has 0 N–H and O–H groups in total. The number of carbonyl (C=O) groups is 1. The van der Waals surface area contributed by atoms with E-state index >= 15 is 0 Å². The number of morpholine rings is 1. The number of nitrogens with zero attached hydrogens (tertiary/aromatic N) is 2. The van der Waals surface area contributed by atoms with Gasteiger partial charge in [0.2, 0.25) is 0 Å². The normalized spacial score (nSPS) is 19.9. The second-order valence-corrected chi connectivity index (χ2v) is 6.03. The number of aliphatic imine (C=N–C) groups is 1. The summed E-state index contributed by atoms with van der Waals surface area (Å²) in [4.78, 5) is 19.0. The lowest BCUT2D eigenvalue weighted by molar-refractivity contribution is -0.113. The van der Waals surface area contributed by atoms with Gasteiger partial charge in [-0.2, -0.15) is 4.99 Å². The minimum atomic E-state index is -0.214. The average Bonchev–Trinajstić information content (AvgIpc) is 2.97. The van der Waals surface area contributed by atoms with E-state index < -0.39 is 0 Å². The Balaban J connectivity index is 1.80. The van der Waals surface area contributed by atoms with E-state index in [1.807, 2.05) is 18.2 Å². The molecule has 6 nitrogen and oxygen atoms in total. The molecular weight excluding hydrogens is 316 g/mol. The fourth-order valence-electron chi connectivity index (χ4n) is 2.37. The van der Waals surface area contributed by atoms with Gasteiger partial charge in [-0.15, -0.1) is 0 Å². The summed E-state index contributed by atoms with van der Waals surface area (Å²) in [6.45, 7) is 2.86. The van der Waals surface area contributed by atoms with Gasteiger partial charge in [0.25, 0.3) is 5.91 Å². The van der Waals surface area contributed by atoms with Gasteiger partial charge >= 0.3 is 0 Å². The average molecular weight is 334 g/mol. The Morgan fingerprint density at radius 2 is 2.04 bits per heavy atom. The maximum Gasteiger partial charge on any atom is 0.286 e. The standard InChI is InChI=1S/C16H18N2O4S/c1-20-12-4-3-11(13(10-12)21-2)9-14-15(19)17-16(23-14)18-5-7-22-8-6-18/h3-4,9-10H,5-8H2,1-2H3. The van der Waals surface area contributed by atoms with Crippen LogP contribution in [0.25, 0.3) is 6.08 Å². The molecule has 0 aliphatic carbocycles. The Labute approximate surface area is 139 Å². The predicted octanol–water partition coefficient (Wildman–Crippen LogP) is 2.01. The van der Waals surface area contributed by atoms with Crippen LogP contribution in [0.3, 0.4) is 0 Å². The molecule has 3 rings (SSSR count). The van der Waals surface area contributed by atoms with Gasteiger partial charge in [-0.3, -0.25) is 4.79 Å². The molecule has 1 amide bonds. The first-order chi connectivity index (χ1) is 11.2. The molecule has 0 unspecified atom stereocenters. The molecule has 1 aromatic rings. The third kappa shape index (κ3) is 3.51. The first kappa shape index (κ1) is 15.9. The summed E-state index contributed by atoms with van der Waals surface area (Å²) in [7, 11) is 3.20. The Bertz CT molecular complexity index is 666. The number of thioether (sulfide) groups is 1. The van der Waals surface area contributed by atoms with Gasteiger partial charge < -0.3 is 19.1 Å². The molecule has 0 atom stereocenters. The number of benzene rings is 1. The van der Waals surface area contributed by atoms with Crippen molar-refractivity contribution >= 4 is 28.9 Å². The Kier molecular flexibility index (Phi) is 4.88. The molecule has 0 spiro atoms. The molecule has 2 heterocycles. The van der Waals surface area contributed by atoms with Crippen molar-refractivity contribution in [3.63, 3.8) is 0 Å². The molecule has 1 saturated heterocycles. The van der Waals surface area contributed by atoms with Crippen molar-refractivity contribution in [2.75, 3.05) is 40.5 Å². The van der Waals surface area contributed by atoms with Crippen molar-refractivity contribution in [2.24, 2.45) is 4.99 Å². The van der Waals surface area contributed by atoms with Gasteiger partial charge in [0.05, 0.1) is 32.3 Å². The lowest BCUT2D eigenvalue weighted by atomic mass is 10.1. The monoisotopic (exact) mass is 334 g/mol. The van der Waals surface area contributed by atoms with Crippen LogP contribution in [0.15, 0.2) is 28.1 Å². The van der Waals surface area contributed by atoms with E-state index in [0.29, 0.717) is 29.6 Å².